The first-order valence-corrected chi connectivity index (χ1v) is 7.04. The van der Waals surface area contributed by atoms with E-state index in [1.807, 2.05) is 6.92 Å². The Kier molecular flexibility index (Phi) is 4.57. The van der Waals surface area contributed by atoms with Crippen LogP contribution in [0, 0.1) is 5.82 Å². The maximum Gasteiger partial charge on any atom is 0.338 e. The Hall–Kier alpha value is -1.95. The minimum absolute atomic E-state index is 0.292. The Morgan fingerprint density at radius 3 is 2.62 bits per heavy atom. The summed E-state index contributed by atoms with van der Waals surface area (Å²) in [5.74, 6) is -0.723. The Morgan fingerprint density at radius 1 is 1.43 bits per heavy atom. The first kappa shape index (κ1) is 15.4. The number of benzene rings is 1. The van der Waals surface area contributed by atoms with Gasteiger partial charge in [0, 0.05) is 12.7 Å². The van der Waals surface area contributed by atoms with E-state index in [0.717, 1.165) is 11.3 Å². The molecule has 4 nitrogen and oxygen atoms in total. The molecule has 0 spiro atoms. The van der Waals surface area contributed by atoms with Crippen LogP contribution in [-0.2, 0) is 9.53 Å². The van der Waals surface area contributed by atoms with Gasteiger partial charge in [0.25, 0.3) is 0 Å². The van der Waals surface area contributed by atoms with Crippen LogP contribution in [0.15, 0.2) is 35.5 Å². The number of thiocarbonyl (C=S) groups is 1. The summed E-state index contributed by atoms with van der Waals surface area (Å²) in [6.45, 7) is 3.86. The van der Waals surface area contributed by atoms with E-state index in [0.29, 0.717) is 17.3 Å². The molecule has 0 amide bonds. The van der Waals surface area contributed by atoms with E-state index in [-0.39, 0.29) is 5.82 Å². The van der Waals surface area contributed by atoms with Crippen molar-refractivity contribution < 1.29 is 13.9 Å². The van der Waals surface area contributed by atoms with Crippen LogP contribution in [0.2, 0.25) is 0 Å². The van der Waals surface area contributed by atoms with Crippen molar-refractivity contribution in [3.05, 3.63) is 46.9 Å². The molecule has 0 aliphatic carbocycles. The molecule has 1 aliphatic heterocycles. The lowest BCUT2D eigenvalue weighted by atomic mass is 9.95. The second kappa shape index (κ2) is 6.22. The second-order valence-corrected chi connectivity index (χ2v) is 5.10. The van der Waals surface area contributed by atoms with Gasteiger partial charge in [-0.25, -0.2) is 9.18 Å². The minimum Gasteiger partial charge on any atom is -0.463 e. The number of ether oxygens (including phenoxy) is 1. The normalized spacial score (nSPS) is 18.6. The van der Waals surface area contributed by atoms with Gasteiger partial charge in [0.1, 0.15) is 5.82 Å². The highest BCUT2D eigenvalue weighted by Gasteiger charge is 2.33. The van der Waals surface area contributed by atoms with E-state index in [1.165, 1.54) is 12.1 Å². The third-order valence-corrected chi connectivity index (χ3v) is 3.84. The smallest absolute Gasteiger partial charge is 0.338 e. The van der Waals surface area contributed by atoms with Crippen LogP contribution in [0.5, 0.6) is 0 Å². The number of esters is 1. The molecule has 0 saturated heterocycles. The number of carbonyl (C=O) groups is 1. The van der Waals surface area contributed by atoms with Crippen molar-refractivity contribution in [2.45, 2.75) is 19.9 Å². The molecule has 1 aromatic carbocycles. The fourth-order valence-corrected chi connectivity index (χ4v) is 2.47. The molecule has 1 aromatic rings. The van der Waals surface area contributed by atoms with Gasteiger partial charge in [0.05, 0.1) is 18.2 Å². The van der Waals surface area contributed by atoms with Crippen molar-refractivity contribution in [3.8, 4) is 0 Å². The largest absolute Gasteiger partial charge is 0.463 e. The summed E-state index contributed by atoms with van der Waals surface area (Å²) in [6, 6.07) is 5.54. The number of rotatable bonds is 3. The zero-order valence-corrected chi connectivity index (χ0v) is 13.0. The highest BCUT2D eigenvalue weighted by molar-refractivity contribution is 7.80. The monoisotopic (exact) mass is 308 g/mol. The van der Waals surface area contributed by atoms with Crippen LogP contribution < -0.4 is 5.32 Å². The predicted molar refractivity (Wildman–Crippen MR) is 82.0 cm³/mol. The first-order valence-electron chi connectivity index (χ1n) is 6.63. The lowest BCUT2D eigenvalue weighted by molar-refractivity contribution is -0.139. The molecular weight excluding hydrogens is 291 g/mol. The average Bonchev–Trinajstić information content (AvgIpc) is 2.45. The Morgan fingerprint density at radius 2 is 2.05 bits per heavy atom. The summed E-state index contributed by atoms with van der Waals surface area (Å²) in [6.07, 6.45) is 0. The number of hydrogen-bond donors (Lipinski definition) is 1. The van der Waals surface area contributed by atoms with Crippen molar-refractivity contribution in [2.75, 3.05) is 13.7 Å². The van der Waals surface area contributed by atoms with Crippen molar-refractivity contribution >= 4 is 23.3 Å². The van der Waals surface area contributed by atoms with E-state index in [2.05, 4.69) is 5.32 Å². The van der Waals surface area contributed by atoms with Gasteiger partial charge in [-0.1, -0.05) is 12.1 Å². The van der Waals surface area contributed by atoms with Crippen LogP contribution in [0.3, 0.4) is 0 Å². The molecule has 112 valence electrons. The highest BCUT2D eigenvalue weighted by atomic mass is 32.1. The molecule has 21 heavy (non-hydrogen) atoms. The molecule has 0 radical (unpaired) electrons. The van der Waals surface area contributed by atoms with E-state index in [4.69, 9.17) is 17.0 Å². The summed E-state index contributed by atoms with van der Waals surface area (Å²) < 4.78 is 18.2. The van der Waals surface area contributed by atoms with Crippen LogP contribution in [0.1, 0.15) is 25.5 Å². The van der Waals surface area contributed by atoms with Crippen LogP contribution >= 0.6 is 12.2 Å². The van der Waals surface area contributed by atoms with Crippen LogP contribution in [-0.4, -0.2) is 29.6 Å². The van der Waals surface area contributed by atoms with E-state index >= 15 is 0 Å². The maximum absolute atomic E-state index is 13.1. The maximum atomic E-state index is 13.1. The fourth-order valence-electron chi connectivity index (χ4n) is 2.21. The van der Waals surface area contributed by atoms with E-state index in [1.54, 1.807) is 31.0 Å². The standard InChI is InChI=1S/C15H17FN2O2S/c1-4-20-14(19)12-9(2)18(3)15(21)17-13(12)10-5-7-11(16)8-6-10/h5-8,13H,4H2,1-3H3,(H,17,21)/t13-/m0/s1. The Labute approximate surface area is 128 Å². The number of nitrogens with zero attached hydrogens (tertiary/aromatic N) is 1. The summed E-state index contributed by atoms with van der Waals surface area (Å²) in [5.41, 5.74) is 1.97. The quantitative estimate of drug-likeness (QED) is 0.686. The van der Waals surface area contributed by atoms with Gasteiger partial charge >= 0.3 is 5.97 Å². The molecule has 1 aliphatic rings. The van der Waals surface area contributed by atoms with Gasteiger partial charge in [-0.3, -0.25) is 0 Å². The van der Waals surface area contributed by atoms with Crippen molar-refractivity contribution in [1.82, 2.24) is 10.2 Å². The molecule has 0 aromatic heterocycles. The number of halogens is 1. The molecule has 0 unspecified atom stereocenters. The van der Waals surface area contributed by atoms with Gasteiger partial charge in [-0.05, 0) is 43.8 Å². The molecular formula is C15H17FN2O2S. The number of allylic oxidation sites excluding steroid dienone is 1. The Bertz CT molecular complexity index is 598. The third kappa shape index (κ3) is 3.05. The van der Waals surface area contributed by atoms with Crippen molar-refractivity contribution in [3.63, 3.8) is 0 Å². The van der Waals surface area contributed by atoms with Crippen LogP contribution in [0.4, 0.5) is 4.39 Å². The topological polar surface area (TPSA) is 41.6 Å². The Balaban J connectivity index is 2.48. The average molecular weight is 308 g/mol. The molecule has 6 heteroatoms. The number of nitrogens with one attached hydrogen (secondary N) is 1. The molecule has 0 fully saturated rings. The lowest BCUT2D eigenvalue weighted by Gasteiger charge is -2.35. The molecule has 0 saturated carbocycles. The molecule has 0 bridgehead atoms. The number of hydrogen-bond acceptors (Lipinski definition) is 3. The zero-order chi connectivity index (χ0) is 15.6. The predicted octanol–water partition coefficient (Wildman–Crippen LogP) is 2.52. The summed E-state index contributed by atoms with van der Waals surface area (Å²) in [5, 5.41) is 3.61. The first-order chi connectivity index (χ1) is 9.95. The van der Waals surface area contributed by atoms with Crippen molar-refractivity contribution in [1.29, 1.82) is 0 Å². The second-order valence-electron chi connectivity index (χ2n) is 4.71. The summed E-state index contributed by atoms with van der Waals surface area (Å²) >= 11 is 5.27. The minimum atomic E-state index is -0.437. The summed E-state index contributed by atoms with van der Waals surface area (Å²) in [4.78, 5) is 14.0. The number of carbonyl (C=O) groups excluding carboxylic acids is 1. The van der Waals surface area contributed by atoms with Gasteiger partial charge in [0.2, 0.25) is 0 Å². The molecule has 1 N–H and O–H groups in total. The van der Waals surface area contributed by atoms with Gasteiger partial charge < -0.3 is 15.0 Å². The fraction of sp³-hybridized carbons (Fsp3) is 0.333. The summed E-state index contributed by atoms with van der Waals surface area (Å²) in [7, 11) is 1.78. The van der Waals surface area contributed by atoms with Gasteiger partial charge in [-0.15, -0.1) is 0 Å². The molecule has 2 rings (SSSR count). The van der Waals surface area contributed by atoms with Gasteiger partial charge in [-0.2, -0.15) is 0 Å². The highest BCUT2D eigenvalue weighted by Crippen LogP contribution is 2.30. The zero-order valence-electron chi connectivity index (χ0n) is 12.1. The SMILES string of the molecule is CCOC(=O)C1=C(C)N(C)C(=S)N[C@H]1c1ccc(F)cc1. The molecule has 1 atom stereocenters. The van der Waals surface area contributed by atoms with E-state index < -0.39 is 12.0 Å². The van der Waals surface area contributed by atoms with Crippen LogP contribution in [0.25, 0.3) is 0 Å². The van der Waals surface area contributed by atoms with Gasteiger partial charge in [0.15, 0.2) is 5.11 Å². The van der Waals surface area contributed by atoms with E-state index in [9.17, 15) is 9.18 Å². The van der Waals surface area contributed by atoms with Crippen molar-refractivity contribution in [2.24, 2.45) is 0 Å². The third-order valence-electron chi connectivity index (χ3n) is 3.45. The lowest BCUT2D eigenvalue weighted by Crippen LogP contribution is -2.46. The molecule has 1 heterocycles.